The molecule has 0 aliphatic rings. The average Bonchev–Trinajstić information content (AvgIpc) is 2.05. The summed E-state index contributed by atoms with van der Waals surface area (Å²) in [5.74, 6) is 0. The third kappa shape index (κ3) is 4.28. The van der Waals surface area contributed by atoms with Gasteiger partial charge in [-0.3, -0.25) is 0 Å². The first-order valence-electron chi connectivity index (χ1n) is 4.41. The normalized spacial score (nSPS) is 14.5. The van der Waals surface area contributed by atoms with Crippen molar-refractivity contribution in [3.8, 4) is 0 Å². The molecule has 1 atom stereocenters. The molecule has 0 spiro atoms. The van der Waals surface area contributed by atoms with Crippen molar-refractivity contribution in [3.05, 3.63) is 0 Å². The number of hydrogen-bond acceptors (Lipinski definition) is 5. The molecule has 0 fully saturated rings. The van der Waals surface area contributed by atoms with Gasteiger partial charge in [0.15, 0.2) is 0 Å². The Labute approximate surface area is 84.2 Å². The third-order valence-corrected chi connectivity index (χ3v) is 3.00. The van der Waals surface area contributed by atoms with Crippen LogP contribution in [0.5, 0.6) is 0 Å². The quantitative estimate of drug-likeness (QED) is 0.353. The number of hydrogen-bond donors (Lipinski definition) is 5. The molecule has 0 aliphatic heterocycles. The van der Waals surface area contributed by atoms with Gasteiger partial charge >= 0.3 is 0 Å². The van der Waals surface area contributed by atoms with Crippen LogP contribution in [0.1, 0.15) is 19.3 Å². The molecular formula is C8H19NO3S. The van der Waals surface area contributed by atoms with Crippen molar-refractivity contribution >= 4 is 12.6 Å². The molecule has 5 N–H and O–H groups in total. The third-order valence-electron chi connectivity index (χ3n) is 2.22. The van der Waals surface area contributed by atoms with Crippen LogP contribution in [0.3, 0.4) is 0 Å². The number of aliphatic hydroxyl groups is 3. The lowest BCUT2D eigenvalue weighted by atomic mass is 9.90. The minimum atomic E-state index is -0.577. The van der Waals surface area contributed by atoms with E-state index in [1.807, 2.05) is 0 Å². The largest absolute Gasteiger partial charge is 0.396 e. The van der Waals surface area contributed by atoms with Gasteiger partial charge in [-0.25, -0.2) is 0 Å². The molecule has 0 rings (SSSR count). The summed E-state index contributed by atoms with van der Waals surface area (Å²) in [5, 5.41) is 26.3. The fourth-order valence-electron chi connectivity index (χ4n) is 1.29. The molecule has 0 saturated heterocycles. The van der Waals surface area contributed by atoms with Crippen molar-refractivity contribution in [2.24, 2.45) is 5.73 Å². The molecule has 0 aliphatic carbocycles. The summed E-state index contributed by atoms with van der Waals surface area (Å²) < 4.78 is -0.577. The van der Waals surface area contributed by atoms with Gasteiger partial charge in [0.25, 0.3) is 0 Å². The molecule has 0 aromatic heterocycles. The van der Waals surface area contributed by atoms with Crippen LogP contribution in [0.15, 0.2) is 0 Å². The fraction of sp³-hybridized carbons (Fsp3) is 1.00. The van der Waals surface area contributed by atoms with Crippen LogP contribution in [0, 0.1) is 0 Å². The highest BCUT2D eigenvalue weighted by molar-refractivity contribution is 7.81. The van der Waals surface area contributed by atoms with E-state index >= 15 is 0 Å². The van der Waals surface area contributed by atoms with E-state index < -0.39 is 4.75 Å². The van der Waals surface area contributed by atoms with Gasteiger partial charge < -0.3 is 21.1 Å². The zero-order chi connectivity index (χ0) is 10.3. The molecule has 0 amide bonds. The van der Waals surface area contributed by atoms with Crippen molar-refractivity contribution in [1.82, 2.24) is 0 Å². The Morgan fingerprint density at radius 2 is 1.54 bits per heavy atom. The molecule has 0 saturated carbocycles. The van der Waals surface area contributed by atoms with E-state index in [9.17, 15) is 0 Å². The molecule has 13 heavy (non-hydrogen) atoms. The van der Waals surface area contributed by atoms with Crippen LogP contribution in [0.2, 0.25) is 0 Å². The van der Waals surface area contributed by atoms with Crippen molar-refractivity contribution in [1.29, 1.82) is 0 Å². The number of aliphatic hydroxyl groups excluding tert-OH is 3. The predicted molar refractivity (Wildman–Crippen MR) is 54.8 cm³/mol. The highest BCUT2D eigenvalue weighted by Crippen LogP contribution is 2.27. The highest BCUT2D eigenvalue weighted by atomic mass is 32.1. The van der Waals surface area contributed by atoms with Gasteiger partial charge in [-0.05, 0) is 19.3 Å². The first kappa shape index (κ1) is 13.2. The van der Waals surface area contributed by atoms with E-state index in [0.29, 0.717) is 19.3 Å². The Morgan fingerprint density at radius 1 is 1.08 bits per heavy atom. The van der Waals surface area contributed by atoms with Gasteiger partial charge in [-0.2, -0.15) is 12.6 Å². The summed E-state index contributed by atoms with van der Waals surface area (Å²) in [5.41, 5.74) is 5.78. The van der Waals surface area contributed by atoms with Crippen molar-refractivity contribution in [2.75, 3.05) is 19.8 Å². The Morgan fingerprint density at radius 3 is 1.85 bits per heavy atom. The number of nitrogens with two attached hydrogens (primary N) is 1. The number of thiol groups is 1. The molecule has 0 heterocycles. The lowest BCUT2D eigenvalue weighted by Gasteiger charge is -2.33. The molecule has 0 radical (unpaired) electrons. The highest BCUT2D eigenvalue weighted by Gasteiger charge is 2.31. The second kappa shape index (κ2) is 6.62. The second-order valence-electron chi connectivity index (χ2n) is 3.17. The van der Waals surface area contributed by atoms with E-state index in [-0.39, 0.29) is 25.9 Å². The predicted octanol–water partition coefficient (Wildman–Crippen LogP) is -0.871. The number of rotatable bonds is 7. The summed E-state index contributed by atoms with van der Waals surface area (Å²) in [7, 11) is 0. The van der Waals surface area contributed by atoms with Gasteiger partial charge in [0.2, 0.25) is 0 Å². The van der Waals surface area contributed by atoms with E-state index in [2.05, 4.69) is 12.6 Å². The Bertz CT molecular complexity index is 129. The van der Waals surface area contributed by atoms with Crippen LogP contribution in [-0.4, -0.2) is 45.9 Å². The average molecular weight is 209 g/mol. The summed E-state index contributed by atoms with van der Waals surface area (Å²) >= 11 is 4.35. The van der Waals surface area contributed by atoms with Gasteiger partial charge in [-0.1, -0.05) is 0 Å². The minimum absolute atomic E-state index is 0.000331. The molecule has 0 aromatic carbocycles. The second-order valence-corrected chi connectivity index (χ2v) is 4.06. The zero-order valence-corrected chi connectivity index (χ0v) is 8.58. The minimum Gasteiger partial charge on any atom is -0.396 e. The molecule has 1 unspecified atom stereocenters. The first-order valence-corrected chi connectivity index (χ1v) is 4.86. The maximum atomic E-state index is 8.80. The van der Waals surface area contributed by atoms with Gasteiger partial charge in [-0.15, -0.1) is 0 Å². The van der Waals surface area contributed by atoms with Crippen LogP contribution < -0.4 is 5.73 Å². The maximum Gasteiger partial charge on any atom is 0.0446 e. The van der Waals surface area contributed by atoms with Crippen LogP contribution in [-0.2, 0) is 0 Å². The van der Waals surface area contributed by atoms with E-state index in [1.165, 1.54) is 0 Å². The van der Waals surface area contributed by atoms with Gasteiger partial charge in [0.1, 0.15) is 0 Å². The summed E-state index contributed by atoms with van der Waals surface area (Å²) in [6, 6.07) is -0.305. The lowest BCUT2D eigenvalue weighted by molar-refractivity contribution is 0.200. The van der Waals surface area contributed by atoms with Crippen molar-refractivity contribution in [2.45, 2.75) is 30.1 Å². The van der Waals surface area contributed by atoms with Crippen LogP contribution >= 0.6 is 12.6 Å². The Hall–Kier alpha value is 0.190. The van der Waals surface area contributed by atoms with Crippen molar-refractivity contribution < 1.29 is 15.3 Å². The van der Waals surface area contributed by atoms with E-state index in [1.54, 1.807) is 0 Å². The summed E-state index contributed by atoms with van der Waals surface area (Å²) in [4.78, 5) is 0. The summed E-state index contributed by atoms with van der Waals surface area (Å²) in [6.07, 6.45) is 1.29. The van der Waals surface area contributed by atoms with Gasteiger partial charge in [0, 0.05) is 30.6 Å². The SMILES string of the molecule is NC(CCO)C(S)(CCO)CCO. The Balaban J connectivity index is 4.18. The molecular weight excluding hydrogens is 190 g/mol. The molecule has 0 aromatic rings. The molecule has 80 valence electrons. The van der Waals surface area contributed by atoms with Crippen LogP contribution in [0.4, 0.5) is 0 Å². The first-order chi connectivity index (χ1) is 6.10. The fourth-order valence-corrected chi connectivity index (χ4v) is 1.62. The van der Waals surface area contributed by atoms with Crippen LogP contribution in [0.25, 0.3) is 0 Å². The Kier molecular flexibility index (Phi) is 6.71. The van der Waals surface area contributed by atoms with Gasteiger partial charge in [0.05, 0.1) is 0 Å². The standard InChI is InChI=1S/C8H19NO3S/c9-7(1-4-10)8(13,2-5-11)3-6-12/h7,10-13H,1-6,9H2. The van der Waals surface area contributed by atoms with Crippen molar-refractivity contribution in [3.63, 3.8) is 0 Å². The molecule has 0 bridgehead atoms. The van der Waals surface area contributed by atoms with E-state index in [0.717, 1.165) is 0 Å². The molecule has 5 heteroatoms. The maximum absolute atomic E-state index is 8.80. The summed E-state index contributed by atoms with van der Waals surface area (Å²) in [6.45, 7) is -0.0222. The molecule has 4 nitrogen and oxygen atoms in total. The smallest absolute Gasteiger partial charge is 0.0446 e. The topological polar surface area (TPSA) is 86.7 Å². The lowest BCUT2D eigenvalue weighted by Crippen LogP contribution is -2.45. The zero-order valence-electron chi connectivity index (χ0n) is 7.69. The monoisotopic (exact) mass is 209 g/mol. The van der Waals surface area contributed by atoms with E-state index in [4.69, 9.17) is 21.1 Å².